The number of rotatable bonds is 2. The molecule has 2 heteroatoms. The molecule has 1 unspecified atom stereocenters. The Hall–Kier alpha value is 1.16. The molecule has 0 fully saturated rings. The Labute approximate surface area is 65.3 Å². The minimum atomic E-state index is 0. The van der Waals surface area contributed by atoms with Gasteiger partial charge in [-0.1, -0.05) is 13.8 Å². The van der Waals surface area contributed by atoms with Crippen molar-refractivity contribution in [2.75, 3.05) is 12.8 Å². The quantitative estimate of drug-likeness (QED) is 0.409. The van der Waals surface area contributed by atoms with Crippen LogP contribution in [0.5, 0.6) is 0 Å². The van der Waals surface area contributed by atoms with E-state index in [0.717, 1.165) is 14.5 Å². The molecule has 0 aromatic rings. The van der Waals surface area contributed by atoms with Crippen LogP contribution in [0.1, 0.15) is 13.8 Å². The summed E-state index contributed by atoms with van der Waals surface area (Å²) in [5.74, 6) is 0.935. The van der Waals surface area contributed by atoms with Crippen molar-refractivity contribution in [2.24, 2.45) is 5.92 Å². The van der Waals surface area contributed by atoms with Gasteiger partial charge in [0.15, 0.2) is 0 Å². The smallest absolute Gasteiger partial charge is 0.0569 e. The normalized spacial score (nSPS) is 10.3. The van der Waals surface area contributed by atoms with E-state index in [0.29, 0.717) is 0 Å². The molecule has 46 valence electrons. The molecule has 0 radical (unpaired) electrons. The van der Waals surface area contributed by atoms with E-state index < -0.39 is 0 Å². The largest absolute Gasteiger partial charge is 1.00 e. The minimum absolute atomic E-state index is 0. The Morgan fingerprint density at radius 1 is 1.43 bits per heavy atom. The fraction of sp³-hybridized carbons (Fsp3) is 1.00. The van der Waals surface area contributed by atoms with Gasteiger partial charge in [-0.15, -0.1) is 0 Å². The van der Waals surface area contributed by atoms with E-state index in [4.69, 9.17) is 0 Å². The summed E-state index contributed by atoms with van der Waals surface area (Å²) in [4.78, 5) is 0. The fourth-order valence-corrected chi connectivity index (χ4v) is 1.41. The lowest BCUT2D eigenvalue weighted by atomic mass is 10.3. The molecule has 0 spiro atoms. The van der Waals surface area contributed by atoms with Crippen LogP contribution in [-0.2, 0) is 0 Å². The van der Waals surface area contributed by atoms with Gasteiger partial charge in [-0.3, -0.25) is 0 Å². The monoisotopic (exact) mass is 232 g/mol. The number of hydrogen-bond donors (Lipinski definition) is 0. The molecule has 0 aliphatic carbocycles. The highest BCUT2D eigenvalue weighted by Gasteiger charge is 1.90. The zero-order chi connectivity index (χ0) is 4.99. The second kappa shape index (κ2) is 7.16. The van der Waals surface area contributed by atoms with Crippen LogP contribution in [0, 0.1) is 5.92 Å². The average molecular weight is 232 g/mol. The van der Waals surface area contributed by atoms with E-state index >= 15 is 0 Å². The Bertz CT molecular complexity index is 29.3. The van der Waals surface area contributed by atoms with Crippen LogP contribution in [-0.4, -0.2) is 12.8 Å². The summed E-state index contributed by atoms with van der Waals surface area (Å²) in [6.07, 6.45) is 1.46. The van der Waals surface area contributed by atoms with Crippen molar-refractivity contribution in [3.05, 3.63) is 0 Å². The molecule has 0 bridgehead atoms. The molecular formula is C5H14IP. The third-order valence-electron chi connectivity index (χ3n) is 0.707. The van der Waals surface area contributed by atoms with Gasteiger partial charge in [0.05, 0.1) is 6.16 Å². The summed E-state index contributed by atoms with van der Waals surface area (Å²) in [6.45, 7) is 6.85. The van der Waals surface area contributed by atoms with E-state index in [1.807, 2.05) is 0 Å². The van der Waals surface area contributed by atoms with Gasteiger partial charge in [-0.2, -0.15) is 0 Å². The highest BCUT2D eigenvalue weighted by atomic mass is 127. The first-order valence-electron chi connectivity index (χ1n) is 2.55. The highest BCUT2D eigenvalue weighted by molar-refractivity contribution is 7.36. The first kappa shape index (κ1) is 11.0. The molecule has 0 aliphatic rings. The predicted molar refractivity (Wildman–Crippen MR) is 35.3 cm³/mol. The topological polar surface area (TPSA) is 0 Å². The lowest BCUT2D eigenvalue weighted by Crippen LogP contribution is -3.00. The van der Waals surface area contributed by atoms with Crippen LogP contribution in [0.4, 0.5) is 0 Å². The second-order valence-corrected chi connectivity index (χ2v) is 3.33. The van der Waals surface area contributed by atoms with Gasteiger partial charge in [-0.05, 0) is 14.5 Å². The predicted octanol–water partition coefficient (Wildman–Crippen LogP) is -1.31. The van der Waals surface area contributed by atoms with E-state index in [9.17, 15) is 0 Å². The molecule has 1 atom stereocenters. The molecule has 0 saturated heterocycles. The Morgan fingerprint density at radius 3 is 1.86 bits per heavy atom. The minimum Gasteiger partial charge on any atom is -1.00 e. The van der Waals surface area contributed by atoms with Crippen LogP contribution < -0.4 is 24.0 Å². The summed E-state index contributed by atoms with van der Waals surface area (Å²) in [6, 6.07) is 0. The SMILES string of the molecule is C[PH2+]CC(C)C.[I-]. The molecule has 0 amide bonds. The second-order valence-electron chi connectivity index (χ2n) is 2.04. The molecule has 7 heavy (non-hydrogen) atoms. The van der Waals surface area contributed by atoms with Crippen molar-refractivity contribution in [3.8, 4) is 0 Å². The summed E-state index contributed by atoms with van der Waals surface area (Å²) in [7, 11) is 0.752. The van der Waals surface area contributed by atoms with Crippen LogP contribution in [0.25, 0.3) is 0 Å². The van der Waals surface area contributed by atoms with Crippen LogP contribution >= 0.6 is 8.58 Å². The van der Waals surface area contributed by atoms with Gasteiger partial charge in [0.2, 0.25) is 0 Å². The van der Waals surface area contributed by atoms with Crippen molar-refractivity contribution in [1.29, 1.82) is 0 Å². The first-order valence-corrected chi connectivity index (χ1v) is 4.52. The molecular weight excluding hydrogens is 218 g/mol. The van der Waals surface area contributed by atoms with Crippen molar-refractivity contribution in [1.82, 2.24) is 0 Å². The van der Waals surface area contributed by atoms with Gasteiger partial charge in [0.25, 0.3) is 0 Å². The Morgan fingerprint density at radius 2 is 1.86 bits per heavy atom. The highest BCUT2D eigenvalue weighted by Crippen LogP contribution is 2.07. The van der Waals surface area contributed by atoms with Crippen molar-refractivity contribution < 1.29 is 24.0 Å². The van der Waals surface area contributed by atoms with Crippen molar-refractivity contribution in [3.63, 3.8) is 0 Å². The lowest BCUT2D eigenvalue weighted by molar-refractivity contribution is -0.00000155. The number of hydrogen-bond acceptors (Lipinski definition) is 0. The summed E-state index contributed by atoms with van der Waals surface area (Å²) >= 11 is 0. The number of halogens is 1. The Balaban J connectivity index is 0. The van der Waals surface area contributed by atoms with Gasteiger partial charge in [0, 0.05) is 6.66 Å². The fourth-order valence-electron chi connectivity index (χ4n) is 0.471. The van der Waals surface area contributed by atoms with Gasteiger partial charge >= 0.3 is 0 Å². The van der Waals surface area contributed by atoms with Gasteiger partial charge < -0.3 is 24.0 Å². The molecule has 0 aliphatic heterocycles. The summed E-state index contributed by atoms with van der Waals surface area (Å²) < 4.78 is 0. The molecule has 0 aromatic heterocycles. The van der Waals surface area contributed by atoms with E-state index in [2.05, 4.69) is 20.5 Å². The third-order valence-corrected chi connectivity index (χ3v) is 2.12. The maximum absolute atomic E-state index is 2.31. The molecule has 0 N–H and O–H groups in total. The maximum Gasteiger partial charge on any atom is 0.0569 e. The van der Waals surface area contributed by atoms with Crippen LogP contribution in [0.2, 0.25) is 0 Å². The van der Waals surface area contributed by atoms with E-state index in [1.165, 1.54) is 6.16 Å². The third kappa shape index (κ3) is 11.0. The lowest BCUT2D eigenvalue weighted by Gasteiger charge is -1.90. The van der Waals surface area contributed by atoms with E-state index in [1.54, 1.807) is 0 Å². The average Bonchev–Trinajstić information content (AvgIpc) is 1.35. The van der Waals surface area contributed by atoms with E-state index in [-0.39, 0.29) is 24.0 Å². The molecule has 0 nitrogen and oxygen atoms in total. The molecule has 0 saturated carbocycles. The first-order chi connectivity index (χ1) is 2.77. The molecule has 0 rings (SSSR count). The van der Waals surface area contributed by atoms with Gasteiger partial charge in [-0.25, -0.2) is 0 Å². The standard InChI is InChI=1S/C5H13P.HI/c1-5(2)4-6-3;/h5-6H,4H2,1-3H3;1H. The zero-order valence-corrected chi connectivity index (χ0v) is 8.55. The zero-order valence-electron chi connectivity index (χ0n) is 5.24. The Kier molecular flexibility index (Phi) is 11.3. The van der Waals surface area contributed by atoms with Crippen LogP contribution in [0.15, 0.2) is 0 Å². The summed E-state index contributed by atoms with van der Waals surface area (Å²) in [5, 5.41) is 0. The van der Waals surface area contributed by atoms with Gasteiger partial charge in [0.1, 0.15) is 0 Å². The van der Waals surface area contributed by atoms with Crippen molar-refractivity contribution in [2.45, 2.75) is 13.8 Å². The summed E-state index contributed by atoms with van der Waals surface area (Å²) in [5.41, 5.74) is 0. The molecule has 0 aromatic carbocycles. The van der Waals surface area contributed by atoms with Crippen molar-refractivity contribution >= 4 is 8.58 Å². The molecule has 0 heterocycles. The maximum atomic E-state index is 2.31. The van der Waals surface area contributed by atoms with Crippen LogP contribution in [0.3, 0.4) is 0 Å².